The first kappa shape index (κ1) is 30.2. The molecular weight excluding hydrogens is 534 g/mol. The molecule has 2 fully saturated rings. The van der Waals surface area contributed by atoms with Crippen molar-refractivity contribution in [3.05, 3.63) is 40.8 Å². The lowest BCUT2D eigenvalue weighted by Crippen LogP contribution is -2.64. The summed E-state index contributed by atoms with van der Waals surface area (Å²) in [6.45, 7) is 4.95. The molecule has 2 saturated heterocycles. The molecule has 4 heterocycles. The minimum Gasteiger partial charge on any atom is -0.475 e. The molecule has 16 heteroatoms. The van der Waals surface area contributed by atoms with Crippen molar-refractivity contribution in [3.63, 3.8) is 0 Å². The van der Waals surface area contributed by atoms with Crippen molar-refractivity contribution in [2.75, 3.05) is 31.6 Å². The molecule has 1 unspecified atom stereocenters. The number of hydrogen-bond acceptors (Lipinski definition) is 8. The number of carboxylic acids is 2. The van der Waals surface area contributed by atoms with E-state index >= 15 is 0 Å². The number of rotatable bonds is 5. The van der Waals surface area contributed by atoms with Crippen molar-refractivity contribution in [1.29, 1.82) is 0 Å². The van der Waals surface area contributed by atoms with Gasteiger partial charge in [0.25, 0.3) is 0 Å². The third-order valence-electron chi connectivity index (χ3n) is 5.22. The topological polar surface area (TPSA) is 125 Å². The van der Waals surface area contributed by atoms with E-state index in [1.165, 1.54) is 11.3 Å². The number of likely N-dealkylation sites (tertiary alicyclic amines) is 1. The first-order chi connectivity index (χ1) is 17.2. The van der Waals surface area contributed by atoms with Gasteiger partial charge in [0, 0.05) is 43.4 Å². The van der Waals surface area contributed by atoms with Gasteiger partial charge >= 0.3 is 24.3 Å². The van der Waals surface area contributed by atoms with Gasteiger partial charge in [0.1, 0.15) is 0 Å². The maximum atomic E-state index is 10.6. The third kappa shape index (κ3) is 10.5. The summed E-state index contributed by atoms with van der Waals surface area (Å²) in [4.78, 5) is 30.1. The minimum atomic E-state index is -5.08. The fourth-order valence-corrected chi connectivity index (χ4v) is 4.20. The number of ether oxygens (including phenoxy) is 1. The van der Waals surface area contributed by atoms with Crippen LogP contribution in [0.3, 0.4) is 0 Å². The summed E-state index contributed by atoms with van der Waals surface area (Å²) in [7, 11) is 0. The number of nitrogens with zero attached hydrogens (tertiary/aromatic N) is 3. The largest absolute Gasteiger partial charge is 0.490 e. The second-order valence-electron chi connectivity index (χ2n) is 8.18. The second-order valence-corrected chi connectivity index (χ2v) is 9.21. The second kappa shape index (κ2) is 13.0. The van der Waals surface area contributed by atoms with E-state index < -0.39 is 24.3 Å². The SMILES string of the molecule is O=C(O)C(F)(F)F.O=C(O)C(F)(F)F.c1cnc(NCC2CCC3(CN(Cc4cccs4)C3)OC2)nc1. The molecule has 0 aromatic carbocycles. The molecule has 2 aliphatic heterocycles. The Morgan fingerprint density at radius 1 is 1.08 bits per heavy atom. The molecule has 0 bridgehead atoms. The molecule has 0 aliphatic carbocycles. The molecule has 2 aromatic rings. The first-order valence-electron chi connectivity index (χ1n) is 10.7. The number of nitrogens with one attached hydrogen (secondary N) is 1. The summed E-state index contributed by atoms with van der Waals surface area (Å²) in [6.07, 6.45) is -4.26. The maximum Gasteiger partial charge on any atom is 0.490 e. The zero-order valence-electron chi connectivity index (χ0n) is 19.1. The van der Waals surface area contributed by atoms with Crippen molar-refractivity contribution in [2.24, 2.45) is 5.92 Å². The molecule has 37 heavy (non-hydrogen) atoms. The molecule has 206 valence electrons. The van der Waals surface area contributed by atoms with Crippen LogP contribution in [0.5, 0.6) is 0 Å². The lowest BCUT2D eigenvalue weighted by molar-refractivity contribution is -0.193. The molecule has 1 atom stereocenters. The Morgan fingerprint density at radius 3 is 2.08 bits per heavy atom. The van der Waals surface area contributed by atoms with Crippen LogP contribution in [0.15, 0.2) is 36.0 Å². The average Bonchev–Trinajstić information content (AvgIpc) is 3.31. The van der Waals surface area contributed by atoms with E-state index in [1.807, 2.05) is 17.4 Å². The highest BCUT2D eigenvalue weighted by atomic mass is 32.1. The summed E-state index contributed by atoms with van der Waals surface area (Å²) >= 11 is 1.84. The number of carboxylic acid groups (broad SMARTS) is 2. The van der Waals surface area contributed by atoms with E-state index in [1.54, 1.807) is 12.4 Å². The van der Waals surface area contributed by atoms with Crippen LogP contribution < -0.4 is 5.32 Å². The quantitative estimate of drug-likeness (QED) is 0.469. The van der Waals surface area contributed by atoms with Crippen molar-refractivity contribution in [2.45, 2.75) is 37.3 Å². The Morgan fingerprint density at radius 2 is 1.65 bits per heavy atom. The van der Waals surface area contributed by atoms with Crippen LogP contribution in [0.2, 0.25) is 0 Å². The Kier molecular flexibility index (Phi) is 10.6. The van der Waals surface area contributed by atoms with Crippen LogP contribution in [-0.4, -0.2) is 81.2 Å². The van der Waals surface area contributed by atoms with Gasteiger partial charge in [0.05, 0.1) is 12.2 Å². The van der Waals surface area contributed by atoms with Crippen LogP contribution in [0.1, 0.15) is 17.7 Å². The summed E-state index contributed by atoms with van der Waals surface area (Å²) in [5.41, 5.74) is 0.122. The van der Waals surface area contributed by atoms with E-state index in [-0.39, 0.29) is 5.60 Å². The Hall–Kier alpha value is -2.98. The number of carbonyl (C=O) groups is 2. The number of hydrogen-bond donors (Lipinski definition) is 3. The van der Waals surface area contributed by atoms with E-state index in [9.17, 15) is 26.3 Å². The normalized spacial score (nSPS) is 18.9. The first-order valence-corrected chi connectivity index (χ1v) is 11.6. The number of aromatic nitrogens is 2. The predicted molar refractivity (Wildman–Crippen MR) is 119 cm³/mol. The highest BCUT2D eigenvalue weighted by Crippen LogP contribution is 2.37. The summed E-state index contributed by atoms with van der Waals surface area (Å²) in [6, 6.07) is 6.17. The smallest absolute Gasteiger partial charge is 0.475 e. The molecule has 0 amide bonds. The van der Waals surface area contributed by atoms with Crippen molar-refractivity contribution in [3.8, 4) is 0 Å². The third-order valence-corrected chi connectivity index (χ3v) is 6.08. The number of alkyl halides is 6. The van der Waals surface area contributed by atoms with Gasteiger partial charge in [0.2, 0.25) is 5.95 Å². The van der Waals surface area contributed by atoms with Gasteiger partial charge in [0.15, 0.2) is 0 Å². The number of halogens is 6. The fourth-order valence-electron chi connectivity index (χ4n) is 3.46. The highest BCUT2D eigenvalue weighted by Gasteiger charge is 2.46. The number of aliphatic carboxylic acids is 2. The zero-order valence-corrected chi connectivity index (χ0v) is 19.9. The van der Waals surface area contributed by atoms with Crippen LogP contribution in [0.25, 0.3) is 0 Å². The van der Waals surface area contributed by atoms with E-state index in [0.29, 0.717) is 11.9 Å². The van der Waals surface area contributed by atoms with Gasteiger partial charge in [-0.2, -0.15) is 26.3 Å². The minimum absolute atomic E-state index is 0.122. The Bertz CT molecular complexity index is 952. The summed E-state index contributed by atoms with van der Waals surface area (Å²) < 4.78 is 69.7. The van der Waals surface area contributed by atoms with Crippen LogP contribution in [0.4, 0.5) is 32.3 Å². The molecule has 3 N–H and O–H groups in total. The van der Waals surface area contributed by atoms with E-state index in [2.05, 4.69) is 37.7 Å². The molecule has 0 radical (unpaired) electrons. The molecule has 4 rings (SSSR count). The van der Waals surface area contributed by atoms with E-state index in [0.717, 1.165) is 39.2 Å². The summed E-state index contributed by atoms with van der Waals surface area (Å²) in [5.74, 6) is -4.26. The molecule has 0 saturated carbocycles. The average molecular weight is 559 g/mol. The van der Waals surface area contributed by atoms with Gasteiger partial charge in [-0.15, -0.1) is 11.3 Å². The molecule has 1 spiro atoms. The van der Waals surface area contributed by atoms with E-state index in [4.69, 9.17) is 24.5 Å². The van der Waals surface area contributed by atoms with Crippen LogP contribution in [0, 0.1) is 5.92 Å². The van der Waals surface area contributed by atoms with Crippen molar-refractivity contribution >= 4 is 29.2 Å². The number of thiophene rings is 1. The van der Waals surface area contributed by atoms with Crippen LogP contribution in [-0.2, 0) is 20.9 Å². The van der Waals surface area contributed by atoms with Crippen LogP contribution >= 0.6 is 11.3 Å². The van der Waals surface area contributed by atoms with Crippen molar-refractivity contribution < 1.29 is 50.9 Å². The highest BCUT2D eigenvalue weighted by molar-refractivity contribution is 7.09. The van der Waals surface area contributed by atoms with Crippen molar-refractivity contribution in [1.82, 2.24) is 14.9 Å². The van der Waals surface area contributed by atoms with Gasteiger partial charge in [-0.05, 0) is 36.3 Å². The summed E-state index contributed by atoms with van der Waals surface area (Å²) in [5, 5.41) is 19.7. The standard InChI is InChI=1S/C17H22N4OS.2C2HF3O2/c1-3-15(23-8-1)10-21-12-17(13-21)5-4-14(11-22-17)9-20-16-18-6-2-7-19-16;2*3-2(4,5)1(6)7/h1-3,6-8,14H,4-5,9-13H2,(H,18,19,20);2*(H,6,7). The molecule has 2 aliphatic rings. The lowest BCUT2D eigenvalue weighted by atomic mass is 9.83. The fraction of sp³-hybridized carbons (Fsp3) is 0.524. The monoisotopic (exact) mass is 558 g/mol. The molecular formula is C21H24F6N4O5S. The predicted octanol–water partition coefficient (Wildman–Crippen LogP) is 3.90. The number of anilines is 1. The Labute approximate surface area is 211 Å². The maximum absolute atomic E-state index is 10.6. The Balaban J connectivity index is 0.000000286. The van der Waals surface area contributed by atoms with Gasteiger partial charge in [-0.25, -0.2) is 19.6 Å². The van der Waals surface area contributed by atoms with Gasteiger partial charge < -0.3 is 20.3 Å². The van der Waals surface area contributed by atoms with Gasteiger partial charge in [-0.1, -0.05) is 6.07 Å². The lowest BCUT2D eigenvalue weighted by Gasteiger charge is -2.52. The molecule has 9 nitrogen and oxygen atoms in total. The van der Waals surface area contributed by atoms with Gasteiger partial charge in [-0.3, -0.25) is 4.90 Å². The zero-order chi connectivity index (χ0) is 27.7. The molecule has 2 aromatic heterocycles.